The smallest absolute Gasteiger partial charge is 0.135 e. The van der Waals surface area contributed by atoms with Crippen molar-refractivity contribution in [2.45, 2.75) is 25.7 Å². The molecule has 0 spiro atoms. The molecule has 140 valence electrons. The third-order valence-corrected chi connectivity index (χ3v) is 4.62. The third kappa shape index (κ3) is 5.59. The first-order chi connectivity index (χ1) is 12.7. The van der Waals surface area contributed by atoms with Crippen LogP contribution in [0.3, 0.4) is 0 Å². The van der Waals surface area contributed by atoms with Gasteiger partial charge in [-0.2, -0.15) is 0 Å². The number of benzene rings is 1. The van der Waals surface area contributed by atoms with E-state index < -0.39 is 0 Å². The van der Waals surface area contributed by atoms with Gasteiger partial charge in [-0.25, -0.2) is 9.97 Å². The molecule has 1 aromatic carbocycles. The maximum atomic E-state index is 4.32. The van der Waals surface area contributed by atoms with Gasteiger partial charge in [0.15, 0.2) is 0 Å². The van der Waals surface area contributed by atoms with Gasteiger partial charge < -0.3 is 20.4 Å². The number of anilines is 4. The molecule has 1 aliphatic rings. The van der Waals surface area contributed by atoms with Crippen molar-refractivity contribution in [3.8, 4) is 0 Å². The summed E-state index contributed by atoms with van der Waals surface area (Å²) in [6.07, 6.45) is 6.63. The number of piperidine rings is 1. The topological polar surface area (TPSA) is 56.3 Å². The highest BCUT2D eigenvalue weighted by molar-refractivity contribution is 5.62. The molecule has 0 radical (unpaired) electrons. The van der Waals surface area contributed by atoms with Crippen molar-refractivity contribution < 1.29 is 0 Å². The summed E-state index contributed by atoms with van der Waals surface area (Å²) < 4.78 is 0. The quantitative estimate of drug-likeness (QED) is 0.707. The molecule has 6 heteroatoms. The third-order valence-electron chi connectivity index (χ3n) is 4.62. The lowest BCUT2D eigenvalue weighted by atomic mass is 10.1. The number of rotatable bonds is 8. The van der Waals surface area contributed by atoms with Crippen LogP contribution in [0.5, 0.6) is 0 Å². The van der Waals surface area contributed by atoms with Gasteiger partial charge in [-0.15, -0.1) is 0 Å². The summed E-state index contributed by atoms with van der Waals surface area (Å²) in [5.74, 6) is 1.66. The second-order valence-corrected chi connectivity index (χ2v) is 7.09. The highest BCUT2D eigenvalue weighted by Gasteiger charge is 2.10. The summed E-state index contributed by atoms with van der Waals surface area (Å²) in [5.41, 5.74) is 2.35. The lowest BCUT2D eigenvalue weighted by molar-refractivity contribution is 0.405. The molecule has 0 bridgehead atoms. The molecule has 1 aromatic heterocycles. The average Bonchev–Trinajstić information content (AvgIpc) is 2.67. The van der Waals surface area contributed by atoms with E-state index in [4.69, 9.17) is 0 Å². The lowest BCUT2D eigenvalue weighted by Crippen LogP contribution is -2.29. The van der Waals surface area contributed by atoms with Gasteiger partial charge in [0.05, 0.1) is 0 Å². The largest absolute Gasteiger partial charge is 0.372 e. The zero-order valence-corrected chi connectivity index (χ0v) is 15.9. The van der Waals surface area contributed by atoms with Gasteiger partial charge in [0.25, 0.3) is 0 Å². The van der Waals surface area contributed by atoms with Crippen LogP contribution in [0.15, 0.2) is 36.7 Å². The molecule has 1 saturated heterocycles. The van der Waals surface area contributed by atoms with Gasteiger partial charge in [0, 0.05) is 37.1 Å². The maximum Gasteiger partial charge on any atom is 0.135 e. The Morgan fingerprint density at radius 1 is 1.00 bits per heavy atom. The van der Waals surface area contributed by atoms with Crippen molar-refractivity contribution >= 4 is 23.0 Å². The standard InChI is InChI=1S/C20H30N6/c1-25(2)12-6-11-21-19-15-20(23-16-22-19)24-17-7-9-18(10-8-17)26-13-4-3-5-14-26/h7-10,15-16H,3-6,11-14H2,1-2H3,(H2,21,22,23,24). The van der Waals surface area contributed by atoms with E-state index in [-0.39, 0.29) is 0 Å². The minimum absolute atomic E-state index is 0.806. The molecule has 0 saturated carbocycles. The molecule has 1 fully saturated rings. The summed E-state index contributed by atoms with van der Waals surface area (Å²) in [7, 11) is 4.17. The number of hydrogen-bond donors (Lipinski definition) is 2. The predicted molar refractivity (Wildman–Crippen MR) is 109 cm³/mol. The molecule has 1 aliphatic heterocycles. The van der Waals surface area contributed by atoms with Crippen LogP contribution in [0, 0.1) is 0 Å². The molecule has 2 heterocycles. The summed E-state index contributed by atoms with van der Waals surface area (Å²) in [5, 5.41) is 6.72. The van der Waals surface area contributed by atoms with Crippen molar-refractivity contribution in [2.24, 2.45) is 0 Å². The highest BCUT2D eigenvalue weighted by atomic mass is 15.1. The van der Waals surface area contributed by atoms with Crippen LogP contribution in [0.4, 0.5) is 23.0 Å². The Labute approximate surface area is 156 Å². The van der Waals surface area contributed by atoms with Crippen molar-refractivity contribution in [1.82, 2.24) is 14.9 Å². The minimum atomic E-state index is 0.806. The summed E-state index contributed by atoms with van der Waals surface area (Å²) in [4.78, 5) is 13.3. The summed E-state index contributed by atoms with van der Waals surface area (Å²) in [6, 6.07) is 10.6. The normalized spacial score (nSPS) is 14.5. The van der Waals surface area contributed by atoms with E-state index in [0.29, 0.717) is 0 Å². The molecule has 26 heavy (non-hydrogen) atoms. The second kappa shape index (κ2) is 9.38. The first kappa shape index (κ1) is 18.5. The van der Waals surface area contributed by atoms with Gasteiger partial charge in [-0.05, 0) is 70.6 Å². The molecule has 0 atom stereocenters. The van der Waals surface area contributed by atoms with E-state index >= 15 is 0 Å². The van der Waals surface area contributed by atoms with Gasteiger partial charge >= 0.3 is 0 Å². The molecule has 2 aromatic rings. The molecular weight excluding hydrogens is 324 g/mol. The second-order valence-electron chi connectivity index (χ2n) is 7.09. The monoisotopic (exact) mass is 354 g/mol. The van der Waals surface area contributed by atoms with E-state index in [1.807, 2.05) is 6.07 Å². The molecule has 0 aliphatic carbocycles. The van der Waals surface area contributed by atoms with Crippen LogP contribution in [0.25, 0.3) is 0 Å². The molecule has 3 rings (SSSR count). The van der Waals surface area contributed by atoms with Gasteiger partial charge in [-0.3, -0.25) is 0 Å². The number of aromatic nitrogens is 2. The van der Waals surface area contributed by atoms with Gasteiger partial charge in [0.1, 0.15) is 18.0 Å². The Balaban J connectivity index is 1.54. The van der Waals surface area contributed by atoms with Crippen LogP contribution < -0.4 is 15.5 Å². The molecule has 0 amide bonds. The Morgan fingerprint density at radius 2 is 1.73 bits per heavy atom. The van der Waals surface area contributed by atoms with E-state index in [0.717, 1.165) is 36.8 Å². The van der Waals surface area contributed by atoms with Gasteiger partial charge in [0.2, 0.25) is 0 Å². The lowest BCUT2D eigenvalue weighted by Gasteiger charge is -2.28. The number of hydrogen-bond acceptors (Lipinski definition) is 6. The van der Waals surface area contributed by atoms with Crippen LogP contribution in [-0.2, 0) is 0 Å². The van der Waals surface area contributed by atoms with Crippen LogP contribution in [0.1, 0.15) is 25.7 Å². The van der Waals surface area contributed by atoms with Crippen LogP contribution >= 0.6 is 0 Å². The first-order valence-corrected chi connectivity index (χ1v) is 9.53. The fourth-order valence-corrected chi connectivity index (χ4v) is 3.19. The Hall–Kier alpha value is -2.34. The van der Waals surface area contributed by atoms with Gasteiger partial charge in [-0.1, -0.05) is 0 Å². The molecular formula is C20H30N6. The fourth-order valence-electron chi connectivity index (χ4n) is 3.19. The van der Waals surface area contributed by atoms with E-state index in [1.165, 1.54) is 38.0 Å². The minimum Gasteiger partial charge on any atom is -0.372 e. The summed E-state index contributed by atoms with van der Waals surface area (Å²) in [6.45, 7) is 4.30. The van der Waals surface area contributed by atoms with E-state index in [9.17, 15) is 0 Å². The first-order valence-electron chi connectivity index (χ1n) is 9.53. The van der Waals surface area contributed by atoms with E-state index in [2.05, 4.69) is 68.8 Å². The van der Waals surface area contributed by atoms with Crippen molar-refractivity contribution in [2.75, 3.05) is 55.8 Å². The highest BCUT2D eigenvalue weighted by Crippen LogP contribution is 2.23. The average molecular weight is 355 g/mol. The fraction of sp³-hybridized carbons (Fsp3) is 0.500. The van der Waals surface area contributed by atoms with Crippen LogP contribution in [-0.4, -0.2) is 55.1 Å². The Kier molecular flexibility index (Phi) is 6.66. The molecule has 6 nitrogen and oxygen atoms in total. The SMILES string of the molecule is CN(C)CCCNc1cc(Nc2ccc(N3CCCCC3)cc2)ncn1. The zero-order chi connectivity index (χ0) is 18.2. The molecule has 0 unspecified atom stereocenters. The summed E-state index contributed by atoms with van der Waals surface area (Å²) >= 11 is 0. The van der Waals surface area contributed by atoms with Crippen molar-refractivity contribution in [3.05, 3.63) is 36.7 Å². The number of nitrogens with zero attached hydrogens (tertiary/aromatic N) is 4. The zero-order valence-electron chi connectivity index (χ0n) is 15.9. The van der Waals surface area contributed by atoms with Crippen LogP contribution in [0.2, 0.25) is 0 Å². The molecule has 2 N–H and O–H groups in total. The van der Waals surface area contributed by atoms with Crippen molar-refractivity contribution in [3.63, 3.8) is 0 Å². The number of nitrogens with one attached hydrogen (secondary N) is 2. The van der Waals surface area contributed by atoms with Crippen molar-refractivity contribution in [1.29, 1.82) is 0 Å². The Bertz CT molecular complexity index is 664. The Morgan fingerprint density at radius 3 is 2.46 bits per heavy atom. The van der Waals surface area contributed by atoms with E-state index in [1.54, 1.807) is 6.33 Å². The maximum absolute atomic E-state index is 4.32. The predicted octanol–water partition coefficient (Wildman–Crippen LogP) is 3.57.